The Hall–Kier alpha value is -4.65. The molecule has 1 aliphatic rings. The summed E-state index contributed by atoms with van der Waals surface area (Å²) < 4.78 is 38.3. The van der Waals surface area contributed by atoms with Crippen LogP contribution in [0.5, 0.6) is 0 Å². The lowest BCUT2D eigenvalue weighted by Gasteiger charge is -2.35. The summed E-state index contributed by atoms with van der Waals surface area (Å²) in [5.74, 6) is 0.718. The number of carbonyl (C=O) groups is 1. The van der Waals surface area contributed by atoms with Crippen LogP contribution in [0.15, 0.2) is 72.8 Å². The Morgan fingerprint density at radius 3 is 2.14 bits per heavy atom. The maximum atomic E-state index is 12.8. The van der Waals surface area contributed by atoms with Crippen molar-refractivity contribution in [2.75, 3.05) is 36.4 Å². The van der Waals surface area contributed by atoms with Crippen LogP contribution in [0.25, 0.3) is 22.0 Å². The summed E-state index contributed by atoms with van der Waals surface area (Å²) in [5, 5.41) is 22.6. The van der Waals surface area contributed by atoms with Crippen LogP contribution in [0.4, 0.5) is 29.5 Å². The minimum Gasteiger partial charge on any atom is -0.351 e. The van der Waals surface area contributed by atoms with E-state index in [1.54, 1.807) is 17.0 Å². The lowest BCUT2D eigenvalue weighted by Crippen LogP contribution is -2.50. The number of aromatic nitrogens is 2. The molecule has 7 nitrogen and oxygen atoms in total. The number of halogens is 3. The number of urea groups is 1. The topological polar surface area (TPSA) is 85.2 Å². The number of nitrogens with one attached hydrogen (secondary N) is 1. The van der Waals surface area contributed by atoms with Crippen molar-refractivity contribution in [2.45, 2.75) is 6.18 Å². The second-order valence-corrected chi connectivity index (χ2v) is 8.59. The van der Waals surface area contributed by atoms with Gasteiger partial charge in [0.25, 0.3) is 0 Å². The van der Waals surface area contributed by atoms with Crippen LogP contribution in [-0.2, 0) is 6.18 Å². The van der Waals surface area contributed by atoms with Gasteiger partial charge in [-0.2, -0.15) is 18.4 Å². The molecule has 2 amide bonds. The maximum absolute atomic E-state index is 12.8. The Morgan fingerprint density at radius 1 is 0.865 bits per heavy atom. The monoisotopic (exact) mass is 502 g/mol. The number of nitriles is 1. The van der Waals surface area contributed by atoms with Crippen LogP contribution >= 0.6 is 0 Å². The molecule has 3 aromatic carbocycles. The van der Waals surface area contributed by atoms with Crippen LogP contribution in [0.1, 0.15) is 11.1 Å². The van der Waals surface area contributed by atoms with Crippen molar-refractivity contribution in [2.24, 2.45) is 0 Å². The summed E-state index contributed by atoms with van der Waals surface area (Å²) in [4.78, 5) is 16.4. The number of fused-ring (bicyclic) bond motifs is 1. The van der Waals surface area contributed by atoms with E-state index in [9.17, 15) is 18.0 Å². The van der Waals surface area contributed by atoms with Gasteiger partial charge < -0.3 is 15.1 Å². The SMILES string of the molecule is N#Cc1ccc(-c2nnc(N3CCN(C(=O)Nc4ccc(C(F)(F)F)cc4)CC3)c3ccccc23)cc1. The molecule has 186 valence electrons. The number of anilines is 2. The van der Waals surface area contributed by atoms with Crippen LogP contribution < -0.4 is 10.2 Å². The number of piperazine rings is 1. The van der Waals surface area contributed by atoms with Crippen molar-refractivity contribution in [3.05, 3.63) is 83.9 Å². The Labute approximate surface area is 210 Å². The zero-order valence-corrected chi connectivity index (χ0v) is 19.5. The zero-order valence-electron chi connectivity index (χ0n) is 19.5. The second-order valence-electron chi connectivity index (χ2n) is 8.59. The van der Waals surface area contributed by atoms with E-state index in [4.69, 9.17) is 5.26 Å². The van der Waals surface area contributed by atoms with E-state index in [1.165, 1.54) is 12.1 Å². The Morgan fingerprint density at radius 2 is 1.51 bits per heavy atom. The van der Waals surface area contributed by atoms with Gasteiger partial charge >= 0.3 is 12.2 Å². The molecule has 0 atom stereocenters. The van der Waals surface area contributed by atoms with E-state index in [-0.39, 0.29) is 6.03 Å². The van der Waals surface area contributed by atoms with E-state index in [0.29, 0.717) is 37.4 Å². The molecule has 0 unspecified atom stereocenters. The highest BCUT2D eigenvalue weighted by molar-refractivity contribution is 6.00. The van der Waals surface area contributed by atoms with Gasteiger partial charge in [-0.15, -0.1) is 10.2 Å². The van der Waals surface area contributed by atoms with E-state index >= 15 is 0 Å². The highest BCUT2D eigenvalue weighted by atomic mass is 19.4. The van der Waals surface area contributed by atoms with Gasteiger partial charge in [0.1, 0.15) is 5.69 Å². The molecule has 10 heteroatoms. The van der Waals surface area contributed by atoms with Gasteiger partial charge in [-0.1, -0.05) is 36.4 Å². The fourth-order valence-electron chi connectivity index (χ4n) is 4.31. The molecule has 2 heterocycles. The number of carbonyl (C=O) groups excluding carboxylic acids is 1. The van der Waals surface area contributed by atoms with Crippen molar-refractivity contribution < 1.29 is 18.0 Å². The summed E-state index contributed by atoms with van der Waals surface area (Å²) in [6.07, 6.45) is -4.42. The van der Waals surface area contributed by atoms with Gasteiger partial charge in [-0.3, -0.25) is 0 Å². The first kappa shape index (κ1) is 24.1. The summed E-state index contributed by atoms with van der Waals surface area (Å²) in [6, 6.07) is 21.1. The molecular formula is C27H21F3N6O. The molecule has 0 saturated carbocycles. The molecule has 0 spiro atoms. The van der Waals surface area contributed by atoms with Crippen LogP contribution in [0, 0.1) is 11.3 Å². The summed E-state index contributed by atoms with van der Waals surface area (Å²) >= 11 is 0. The normalized spacial score (nSPS) is 13.9. The average Bonchev–Trinajstić information content (AvgIpc) is 2.92. The molecular weight excluding hydrogens is 481 g/mol. The van der Waals surface area contributed by atoms with Gasteiger partial charge in [-0.05, 0) is 36.4 Å². The van der Waals surface area contributed by atoms with Crippen LogP contribution in [0.2, 0.25) is 0 Å². The third-order valence-corrected chi connectivity index (χ3v) is 6.29. The first-order chi connectivity index (χ1) is 17.8. The highest BCUT2D eigenvalue weighted by Crippen LogP contribution is 2.32. The van der Waals surface area contributed by atoms with Crippen molar-refractivity contribution in [3.63, 3.8) is 0 Å². The molecule has 1 saturated heterocycles. The van der Waals surface area contributed by atoms with Crippen molar-refractivity contribution in [3.8, 4) is 17.3 Å². The smallest absolute Gasteiger partial charge is 0.351 e. The fourth-order valence-corrected chi connectivity index (χ4v) is 4.31. The molecule has 1 fully saturated rings. The number of rotatable bonds is 3. The Balaban J connectivity index is 1.29. The third-order valence-electron chi connectivity index (χ3n) is 6.29. The summed E-state index contributed by atoms with van der Waals surface area (Å²) in [5.41, 5.74) is 1.68. The third kappa shape index (κ3) is 5.02. The first-order valence-electron chi connectivity index (χ1n) is 11.6. The Kier molecular flexibility index (Phi) is 6.36. The minimum atomic E-state index is -4.42. The standard InChI is InChI=1S/C27H21F3N6O/c28-27(29,30)20-9-11-21(12-10-20)32-26(37)36-15-13-35(14-16-36)25-23-4-2-1-3-22(23)24(33-34-25)19-7-5-18(17-31)6-8-19/h1-12H,13-16H2,(H,32,37). The fraction of sp³-hybridized carbons (Fsp3) is 0.185. The number of benzene rings is 3. The van der Waals surface area contributed by atoms with Crippen LogP contribution in [-0.4, -0.2) is 47.3 Å². The maximum Gasteiger partial charge on any atom is 0.416 e. The molecule has 0 bridgehead atoms. The van der Waals surface area contributed by atoms with Crippen molar-refractivity contribution in [1.82, 2.24) is 15.1 Å². The largest absolute Gasteiger partial charge is 0.416 e. The molecule has 0 radical (unpaired) electrons. The van der Waals surface area contributed by atoms with E-state index in [0.717, 1.165) is 40.0 Å². The quantitative estimate of drug-likeness (QED) is 0.398. The molecule has 1 aromatic heterocycles. The number of alkyl halides is 3. The first-order valence-corrected chi connectivity index (χ1v) is 11.6. The number of hydrogen-bond acceptors (Lipinski definition) is 5. The van der Waals surface area contributed by atoms with Gasteiger partial charge in [0.05, 0.1) is 17.2 Å². The summed E-state index contributed by atoms with van der Waals surface area (Å²) in [6.45, 7) is 1.88. The van der Waals surface area contributed by atoms with Gasteiger partial charge in [0, 0.05) is 48.2 Å². The lowest BCUT2D eigenvalue weighted by atomic mass is 10.0. The minimum absolute atomic E-state index is 0.302. The highest BCUT2D eigenvalue weighted by Gasteiger charge is 2.30. The predicted molar refractivity (Wildman–Crippen MR) is 134 cm³/mol. The zero-order chi connectivity index (χ0) is 26.0. The number of hydrogen-bond donors (Lipinski definition) is 1. The predicted octanol–water partition coefficient (Wildman–Crippen LogP) is 5.54. The van der Waals surface area contributed by atoms with E-state index in [1.807, 2.05) is 36.4 Å². The Bertz CT molecular complexity index is 1470. The van der Waals surface area contributed by atoms with Gasteiger partial charge in [0.15, 0.2) is 5.82 Å². The van der Waals surface area contributed by atoms with Crippen molar-refractivity contribution >= 4 is 28.3 Å². The lowest BCUT2D eigenvalue weighted by molar-refractivity contribution is -0.137. The number of amides is 2. The summed E-state index contributed by atoms with van der Waals surface area (Å²) in [7, 11) is 0. The molecule has 5 rings (SSSR count). The number of nitrogens with zero attached hydrogens (tertiary/aromatic N) is 5. The second kappa shape index (κ2) is 9.78. The van der Waals surface area contributed by atoms with Gasteiger partial charge in [0.2, 0.25) is 0 Å². The molecule has 0 aliphatic carbocycles. The molecule has 37 heavy (non-hydrogen) atoms. The molecule has 4 aromatic rings. The van der Waals surface area contributed by atoms with E-state index in [2.05, 4.69) is 26.5 Å². The van der Waals surface area contributed by atoms with Crippen molar-refractivity contribution in [1.29, 1.82) is 5.26 Å². The molecule has 1 N–H and O–H groups in total. The van der Waals surface area contributed by atoms with E-state index < -0.39 is 11.7 Å². The molecule has 1 aliphatic heterocycles. The van der Waals surface area contributed by atoms with Gasteiger partial charge in [-0.25, -0.2) is 4.79 Å². The van der Waals surface area contributed by atoms with Crippen LogP contribution in [0.3, 0.4) is 0 Å². The average molecular weight is 503 g/mol.